The van der Waals surface area contributed by atoms with Crippen molar-refractivity contribution < 1.29 is 176 Å². The Morgan fingerprint density at radius 2 is 0.568 bits per heavy atom. The molecule has 0 atom stereocenters. The van der Waals surface area contributed by atoms with Crippen molar-refractivity contribution in [3.8, 4) is 0 Å². The summed E-state index contributed by atoms with van der Waals surface area (Å²) in [4.78, 5) is 0. The molecule has 0 saturated carbocycles. The average Bonchev–Trinajstić information content (AvgIpc) is 3.35. The fraction of sp³-hybridized carbons (Fsp3) is 1.00. The number of nitrogens with zero attached hydrogens (tertiary/aromatic N) is 5. The van der Waals surface area contributed by atoms with Gasteiger partial charge in [-0.2, -0.15) is 127 Å². The van der Waals surface area contributed by atoms with Crippen LogP contribution in [-0.2, 0) is 0 Å². The van der Waals surface area contributed by atoms with Crippen LogP contribution in [0.15, 0.2) is 0 Å². The van der Waals surface area contributed by atoms with Crippen LogP contribution in [-0.4, -0.2) is 169 Å². The Hall–Kier alpha value is -3.00. The number of rotatable bonds is 12. The van der Waals surface area contributed by atoms with E-state index >= 15 is 0 Å². The lowest BCUT2D eigenvalue weighted by Crippen LogP contribution is -2.47. The van der Waals surface area contributed by atoms with Crippen molar-refractivity contribution in [1.82, 2.24) is 0 Å². The number of hydrogen-bond donors (Lipinski definition) is 0. The molecule has 2 rings (SSSR count). The molecule has 0 aromatic carbocycles. The van der Waals surface area contributed by atoms with Gasteiger partial charge in [-0.25, -0.2) is 48.3 Å². The average molecular weight is 1200 g/mol. The molecule has 0 spiro atoms. The molecule has 5 nitrogen and oxygen atoms in total. The third-order valence-corrected chi connectivity index (χ3v) is 6.73. The minimum absolute atomic E-state index is 0.164. The first kappa shape index (κ1) is 77.5. The third kappa shape index (κ3) is 31.3. The van der Waals surface area contributed by atoms with E-state index in [9.17, 15) is 176 Å². The predicted octanol–water partition coefficient (Wildman–Crippen LogP) is 16.2. The molecule has 2 aliphatic heterocycles. The van der Waals surface area contributed by atoms with E-state index in [1.54, 1.807) is 0 Å². The number of hydrogen-bond acceptors (Lipinski definition) is 0. The maximum absolute atomic E-state index is 12.6. The molecule has 0 bridgehead atoms. The zero-order valence-electron chi connectivity index (χ0n) is 34.5. The van der Waals surface area contributed by atoms with E-state index in [-0.39, 0.29) is 6.54 Å². The highest BCUT2D eigenvalue weighted by molar-refractivity contribution is 5.09. The largest absolute Gasteiger partial charge is 0.657 e. The first-order chi connectivity index (χ1) is 31.8. The Morgan fingerprint density at radius 3 is 0.757 bits per heavy atom. The molecular formula is C29H26F40N5-5. The summed E-state index contributed by atoms with van der Waals surface area (Å²) in [5, 5.41) is 12.5. The van der Waals surface area contributed by atoms with Gasteiger partial charge < -0.3 is 26.6 Å². The highest BCUT2D eigenvalue weighted by Crippen LogP contribution is 2.45. The maximum atomic E-state index is 12.6. The van der Waals surface area contributed by atoms with Crippen LogP contribution in [0.4, 0.5) is 176 Å². The van der Waals surface area contributed by atoms with E-state index in [2.05, 4.69) is 21.3 Å². The second-order valence-corrected chi connectivity index (χ2v) is 13.7. The van der Waals surface area contributed by atoms with Gasteiger partial charge in [0.2, 0.25) is 5.92 Å². The van der Waals surface area contributed by atoms with E-state index in [4.69, 9.17) is 0 Å². The monoisotopic (exact) mass is 1200 g/mol. The van der Waals surface area contributed by atoms with Crippen molar-refractivity contribution in [3.63, 3.8) is 0 Å². The molecular weight excluding hydrogens is 1180 g/mol. The summed E-state index contributed by atoms with van der Waals surface area (Å²) in [6.45, 7) is -18.5. The molecule has 0 aromatic rings. The van der Waals surface area contributed by atoms with Gasteiger partial charge in [0.15, 0.2) is 6.67 Å². The Balaban J connectivity index is -0.000000406. The molecule has 0 N–H and O–H groups in total. The van der Waals surface area contributed by atoms with Crippen molar-refractivity contribution in [3.05, 3.63) is 26.6 Å². The molecule has 0 unspecified atom stereocenters. The Bertz CT molecular complexity index is 1480. The van der Waals surface area contributed by atoms with Crippen LogP contribution in [0.5, 0.6) is 0 Å². The summed E-state index contributed by atoms with van der Waals surface area (Å²) in [5.41, 5.74) is 0. The molecule has 2 fully saturated rings. The first-order valence-corrected chi connectivity index (χ1v) is 17.4. The van der Waals surface area contributed by atoms with Gasteiger partial charge in [-0.3, -0.25) is 0 Å². The lowest BCUT2D eigenvalue weighted by molar-refractivity contribution is -0.299. The lowest BCUT2D eigenvalue weighted by atomic mass is 10.1. The SMILES string of the molecule is FC(F)(F)C(F)(F)C[N-]CC(F)(F)C(F)(F)F.FC(F)(F)C[N-]CC(F)(F)CC(F)(F)C(F)(F)F.FC(F)(F)C[N-]CC(F)(F)F.FC1(F)CC[N-]CC1(F)F.FC1(F)C[N-]CC1(F)F.FCC(F)(F)C(F)(F)F. The maximum Gasteiger partial charge on any atom is 0.456 e. The van der Waals surface area contributed by atoms with Gasteiger partial charge in [0.25, 0.3) is 17.8 Å². The minimum Gasteiger partial charge on any atom is -0.657 e. The quantitative estimate of drug-likeness (QED) is 0.175. The summed E-state index contributed by atoms with van der Waals surface area (Å²) in [6.07, 6.45) is -42.1. The Kier molecular flexibility index (Phi) is 28.3. The van der Waals surface area contributed by atoms with Gasteiger partial charge in [0, 0.05) is 0 Å². The second kappa shape index (κ2) is 27.0. The van der Waals surface area contributed by atoms with E-state index in [1.165, 1.54) is 0 Å². The van der Waals surface area contributed by atoms with E-state index in [0.29, 0.717) is 0 Å². The summed E-state index contributed by atoms with van der Waals surface area (Å²) >= 11 is 0. The third-order valence-electron chi connectivity index (χ3n) is 6.73. The second-order valence-electron chi connectivity index (χ2n) is 13.7. The van der Waals surface area contributed by atoms with Gasteiger partial charge in [0.1, 0.15) is 0 Å². The summed E-state index contributed by atoms with van der Waals surface area (Å²) in [7, 11) is 0. The number of piperidine rings is 1. The van der Waals surface area contributed by atoms with Crippen LogP contribution < -0.4 is 0 Å². The highest BCUT2D eigenvalue weighted by Gasteiger charge is 2.62. The topological polar surface area (TPSA) is 70.5 Å². The van der Waals surface area contributed by atoms with Gasteiger partial charge in [-0.15, -0.1) is 6.54 Å². The van der Waals surface area contributed by atoms with Crippen LogP contribution in [0.1, 0.15) is 12.8 Å². The van der Waals surface area contributed by atoms with Crippen LogP contribution in [0, 0.1) is 0 Å². The van der Waals surface area contributed by atoms with Crippen molar-refractivity contribution >= 4 is 0 Å². The molecule has 2 aliphatic rings. The molecule has 0 radical (unpaired) electrons. The van der Waals surface area contributed by atoms with Crippen molar-refractivity contribution in [2.45, 2.75) is 109 Å². The standard InChI is InChI=1S/C7H6F10N.C6H4F10N.C5H6F4N.C4H4F6N.C4H4F4N.C3H2F6/c8-4(9,2-18-3-6(12,13)14)1-5(10,11)7(15,16)17;7-3(8,5(11,12)13)1-17-2-4(9,10)6(14,15)16;6-4(7)1-2-10-3-5(4,8)9;5-3(6,7)1-11-2-4(8,9)10;5-3(6)1-9-2-4(3,7)8;4-1-2(5,6)3(7,8)9/h1-3H2;1-2H2;1-3H2;1-2H2;1-2H2;1H2/q5*-1;. The van der Waals surface area contributed by atoms with Crippen LogP contribution in [0.25, 0.3) is 26.6 Å². The minimum atomic E-state index is -6.19. The number of alkyl halides is 40. The van der Waals surface area contributed by atoms with Gasteiger partial charge in [0.05, 0.1) is 6.42 Å². The Morgan fingerprint density at radius 1 is 0.311 bits per heavy atom. The normalized spacial score (nSPS) is 18.6. The highest BCUT2D eigenvalue weighted by atomic mass is 19.5. The molecule has 2 saturated heterocycles. The molecule has 452 valence electrons. The lowest BCUT2D eigenvalue weighted by Gasteiger charge is -2.38. The zero-order valence-corrected chi connectivity index (χ0v) is 34.5. The van der Waals surface area contributed by atoms with Gasteiger partial charge in [-0.1, -0.05) is 58.9 Å². The molecule has 45 heteroatoms. The van der Waals surface area contributed by atoms with Gasteiger partial charge >= 0.3 is 72.8 Å². The summed E-state index contributed by atoms with van der Waals surface area (Å²) < 4.78 is 465. The Labute approximate surface area is 384 Å². The fourth-order valence-corrected chi connectivity index (χ4v) is 3.03. The van der Waals surface area contributed by atoms with Crippen LogP contribution in [0.2, 0.25) is 0 Å². The van der Waals surface area contributed by atoms with Crippen molar-refractivity contribution in [2.24, 2.45) is 0 Å². The first-order valence-electron chi connectivity index (χ1n) is 17.4. The van der Waals surface area contributed by atoms with E-state index in [1.807, 2.05) is 5.32 Å². The smallest absolute Gasteiger partial charge is 0.456 e. The predicted molar refractivity (Wildman–Crippen MR) is 168 cm³/mol. The molecule has 2 heterocycles. The van der Waals surface area contributed by atoms with Crippen molar-refractivity contribution in [2.75, 3.05) is 72.1 Å². The summed E-state index contributed by atoms with van der Waals surface area (Å²) in [6, 6.07) is 0. The fourth-order valence-electron chi connectivity index (χ4n) is 3.03. The molecule has 0 aromatic heterocycles. The van der Waals surface area contributed by atoms with Crippen LogP contribution in [0.3, 0.4) is 0 Å². The number of halogens is 40. The van der Waals surface area contributed by atoms with Gasteiger partial charge in [-0.05, 0) is 6.42 Å². The van der Waals surface area contributed by atoms with Crippen LogP contribution >= 0.6 is 0 Å². The zero-order chi connectivity index (χ0) is 60.7. The molecule has 74 heavy (non-hydrogen) atoms. The summed E-state index contributed by atoms with van der Waals surface area (Å²) in [5.74, 6) is -42.0. The molecule has 0 amide bonds. The van der Waals surface area contributed by atoms with E-state index in [0.717, 1.165) is 0 Å². The van der Waals surface area contributed by atoms with E-state index < -0.39 is 175 Å². The molecule has 0 aliphatic carbocycles. The van der Waals surface area contributed by atoms with Crippen molar-refractivity contribution in [1.29, 1.82) is 0 Å².